The smallest absolute Gasteiger partial charge is 0.0773 e. The van der Waals surface area contributed by atoms with Crippen LogP contribution in [0.15, 0.2) is 192 Å². The third kappa shape index (κ3) is 4.80. The predicted molar refractivity (Wildman–Crippen MR) is 201 cm³/mol. The van der Waals surface area contributed by atoms with Gasteiger partial charge in [0.2, 0.25) is 0 Å². The van der Waals surface area contributed by atoms with Crippen LogP contribution in [0.25, 0.3) is 11.4 Å². The predicted octanol–water partition coefficient (Wildman–Crippen LogP) is 11.3. The molecule has 0 N–H and O–H groups in total. The third-order valence-electron chi connectivity index (χ3n) is 9.39. The second-order valence-corrected chi connectivity index (χ2v) is 12.8. The standard InChI is InChI=1S/C44H30Cl2N2/c45-37-27-15-13-25-35(37)39-29-43(33-21-9-3-10-22-33,41(47-39)31-17-5-1-6-18-31)44(34-23-11-4-12-24-34)30-40(36-26-14-16-28-38(36)46)48-42(44)32-19-7-2-8-20-32/h1-30H. The van der Waals surface area contributed by atoms with Crippen molar-refractivity contribution in [2.45, 2.75) is 10.8 Å². The van der Waals surface area contributed by atoms with Gasteiger partial charge in [0, 0.05) is 21.2 Å². The number of halogens is 2. The van der Waals surface area contributed by atoms with E-state index >= 15 is 0 Å². The van der Waals surface area contributed by atoms with Crippen LogP contribution < -0.4 is 0 Å². The van der Waals surface area contributed by atoms with E-state index in [0.29, 0.717) is 10.0 Å². The normalized spacial score (nSPS) is 20.1. The van der Waals surface area contributed by atoms with E-state index in [4.69, 9.17) is 33.2 Å². The molecule has 48 heavy (non-hydrogen) atoms. The molecule has 230 valence electrons. The number of benzene rings is 6. The maximum absolute atomic E-state index is 6.93. The molecule has 2 aliphatic rings. The van der Waals surface area contributed by atoms with Gasteiger partial charge in [0.15, 0.2) is 0 Å². The lowest BCUT2D eigenvalue weighted by atomic mass is 9.52. The van der Waals surface area contributed by atoms with E-state index < -0.39 is 10.8 Å². The van der Waals surface area contributed by atoms with E-state index in [1.807, 2.05) is 60.7 Å². The molecule has 2 unspecified atom stereocenters. The van der Waals surface area contributed by atoms with Gasteiger partial charge in [-0.15, -0.1) is 0 Å². The summed E-state index contributed by atoms with van der Waals surface area (Å²) in [5, 5.41) is 1.29. The molecule has 2 aliphatic heterocycles. The first-order valence-electron chi connectivity index (χ1n) is 16.0. The SMILES string of the molecule is Clc1ccccc1C1=CC(c2ccccc2)(C2(c3ccccc3)C=C(c3ccccc3Cl)N=C2c2ccccc2)C(c2ccccc2)=N1. The van der Waals surface area contributed by atoms with E-state index in [9.17, 15) is 0 Å². The van der Waals surface area contributed by atoms with Crippen molar-refractivity contribution < 1.29 is 0 Å². The average molecular weight is 658 g/mol. The van der Waals surface area contributed by atoms with Gasteiger partial charge in [-0.05, 0) is 46.5 Å². The number of rotatable bonds is 7. The summed E-state index contributed by atoms with van der Waals surface area (Å²) in [7, 11) is 0. The molecule has 0 saturated heterocycles. The molecule has 0 aliphatic carbocycles. The monoisotopic (exact) mass is 656 g/mol. The van der Waals surface area contributed by atoms with Crippen LogP contribution in [0.1, 0.15) is 33.4 Å². The van der Waals surface area contributed by atoms with Crippen LogP contribution in [0.2, 0.25) is 10.0 Å². The Morgan fingerprint density at radius 1 is 0.354 bits per heavy atom. The highest BCUT2D eigenvalue weighted by Gasteiger charge is 2.61. The zero-order chi connectivity index (χ0) is 32.6. The molecule has 2 atom stereocenters. The van der Waals surface area contributed by atoms with Crippen molar-refractivity contribution in [3.8, 4) is 0 Å². The highest BCUT2D eigenvalue weighted by Crippen LogP contribution is 2.58. The van der Waals surface area contributed by atoms with Gasteiger partial charge >= 0.3 is 0 Å². The quantitative estimate of drug-likeness (QED) is 0.163. The molecule has 2 heterocycles. The van der Waals surface area contributed by atoms with Crippen LogP contribution in [0.5, 0.6) is 0 Å². The van der Waals surface area contributed by atoms with Gasteiger partial charge in [-0.3, -0.25) is 9.98 Å². The minimum atomic E-state index is -0.886. The molecule has 0 aromatic heterocycles. The molecule has 0 saturated carbocycles. The van der Waals surface area contributed by atoms with Gasteiger partial charge in [-0.25, -0.2) is 0 Å². The maximum atomic E-state index is 6.93. The van der Waals surface area contributed by atoms with Crippen LogP contribution in [0, 0.1) is 0 Å². The van der Waals surface area contributed by atoms with E-state index in [1.54, 1.807) is 0 Å². The topological polar surface area (TPSA) is 24.7 Å². The summed E-state index contributed by atoms with van der Waals surface area (Å²) in [5.74, 6) is 0. The lowest BCUT2D eigenvalue weighted by Gasteiger charge is -2.47. The Morgan fingerprint density at radius 3 is 1.02 bits per heavy atom. The van der Waals surface area contributed by atoms with Gasteiger partial charge < -0.3 is 0 Å². The highest BCUT2D eigenvalue weighted by molar-refractivity contribution is 6.34. The van der Waals surface area contributed by atoms with Crippen molar-refractivity contribution in [2.24, 2.45) is 9.98 Å². The second kappa shape index (κ2) is 12.4. The zero-order valence-electron chi connectivity index (χ0n) is 26.0. The zero-order valence-corrected chi connectivity index (χ0v) is 27.5. The first-order chi connectivity index (χ1) is 23.6. The van der Waals surface area contributed by atoms with Gasteiger partial charge in [0.05, 0.1) is 33.6 Å². The first-order valence-corrected chi connectivity index (χ1v) is 16.7. The minimum absolute atomic E-state index is 0.646. The third-order valence-corrected chi connectivity index (χ3v) is 10.1. The average Bonchev–Trinajstić information content (AvgIpc) is 3.76. The number of aliphatic imine (C=N–C) groups is 2. The summed E-state index contributed by atoms with van der Waals surface area (Å²) in [4.78, 5) is 11.1. The van der Waals surface area contributed by atoms with Crippen molar-refractivity contribution in [1.29, 1.82) is 0 Å². The largest absolute Gasteiger partial charge is 0.251 e. The van der Waals surface area contributed by atoms with Crippen molar-refractivity contribution >= 4 is 46.0 Å². The van der Waals surface area contributed by atoms with Crippen molar-refractivity contribution in [1.82, 2.24) is 0 Å². The van der Waals surface area contributed by atoms with Crippen LogP contribution in [0.3, 0.4) is 0 Å². The van der Waals surface area contributed by atoms with Gasteiger partial charge in [0.25, 0.3) is 0 Å². The molecule has 4 heteroatoms. The van der Waals surface area contributed by atoms with E-state index in [-0.39, 0.29) is 0 Å². The Balaban J connectivity index is 1.58. The summed E-state index contributed by atoms with van der Waals surface area (Å²) in [6.07, 6.45) is 4.65. The number of hydrogen-bond donors (Lipinski definition) is 0. The first kappa shape index (κ1) is 30.1. The Kier molecular flexibility index (Phi) is 7.76. The molecule has 0 spiro atoms. The van der Waals surface area contributed by atoms with Crippen LogP contribution in [-0.4, -0.2) is 11.4 Å². The van der Waals surface area contributed by atoms with Gasteiger partial charge in [0.1, 0.15) is 0 Å². The summed E-state index contributed by atoms with van der Waals surface area (Å²) in [6.45, 7) is 0. The lowest BCUT2D eigenvalue weighted by Crippen LogP contribution is -2.55. The van der Waals surface area contributed by atoms with Crippen LogP contribution >= 0.6 is 23.2 Å². The number of hydrogen-bond acceptors (Lipinski definition) is 2. The molecule has 0 radical (unpaired) electrons. The summed E-state index contributed by atoms with van der Waals surface area (Å²) < 4.78 is 0. The van der Waals surface area contributed by atoms with Crippen LogP contribution in [0.4, 0.5) is 0 Å². The van der Waals surface area contributed by atoms with Gasteiger partial charge in [-0.1, -0.05) is 181 Å². The Labute approximate surface area is 291 Å². The minimum Gasteiger partial charge on any atom is -0.251 e. The molecule has 6 aromatic rings. The van der Waals surface area contributed by atoms with Crippen LogP contribution in [-0.2, 0) is 10.8 Å². The van der Waals surface area contributed by atoms with Crippen molar-refractivity contribution in [3.05, 3.63) is 225 Å². The lowest BCUT2D eigenvalue weighted by molar-refractivity contribution is 0.555. The fourth-order valence-corrected chi connectivity index (χ4v) is 7.78. The molecule has 0 fully saturated rings. The fraction of sp³-hybridized carbons (Fsp3) is 0.0455. The second-order valence-electron chi connectivity index (χ2n) is 12.0. The van der Waals surface area contributed by atoms with E-state index in [1.165, 1.54) is 0 Å². The maximum Gasteiger partial charge on any atom is 0.0773 e. The van der Waals surface area contributed by atoms with Crippen molar-refractivity contribution in [2.75, 3.05) is 0 Å². The van der Waals surface area contributed by atoms with Crippen molar-refractivity contribution in [3.63, 3.8) is 0 Å². The highest BCUT2D eigenvalue weighted by atomic mass is 35.5. The van der Waals surface area contributed by atoms with E-state index in [2.05, 4.69) is 121 Å². The summed E-state index contributed by atoms with van der Waals surface area (Å²) >= 11 is 13.9. The number of nitrogens with zero attached hydrogens (tertiary/aromatic N) is 2. The summed E-state index contributed by atoms with van der Waals surface area (Å²) in [6, 6.07) is 58.2. The Bertz CT molecular complexity index is 2080. The Morgan fingerprint density at radius 2 is 0.667 bits per heavy atom. The number of allylic oxidation sites excluding steroid dienone is 2. The molecule has 0 bridgehead atoms. The molecular weight excluding hydrogens is 627 g/mol. The van der Waals surface area contributed by atoms with E-state index in [0.717, 1.165) is 56.2 Å². The molecule has 0 amide bonds. The summed E-state index contributed by atoms with van der Waals surface area (Å²) in [5.41, 5.74) is 7.62. The molecule has 2 nitrogen and oxygen atoms in total. The Hall–Kier alpha value is -5.28. The molecule has 8 rings (SSSR count). The fourth-order valence-electron chi connectivity index (χ4n) is 7.32. The van der Waals surface area contributed by atoms with Gasteiger partial charge in [-0.2, -0.15) is 0 Å². The molecule has 6 aromatic carbocycles. The molecular formula is C44H30Cl2N2.